The number of rotatable bonds is 0. The van der Waals surface area contributed by atoms with Crippen LogP contribution in [-0.2, 0) is 0 Å². The van der Waals surface area contributed by atoms with Gasteiger partial charge in [-0.1, -0.05) is 0 Å². The molecule has 44 valence electrons. The lowest BCUT2D eigenvalue weighted by molar-refractivity contribution is 0.527. The van der Waals surface area contributed by atoms with Crippen LogP contribution in [0.15, 0.2) is 9.98 Å². The molecule has 1 heterocycles. The molecule has 0 aromatic carbocycles. The fourth-order valence-electron chi connectivity index (χ4n) is 0.332. The van der Waals surface area contributed by atoms with E-state index < -0.39 is 0 Å². The van der Waals surface area contributed by atoms with Gasteiger partial charge in [0, 0.05) is 0 Å². The summed E-state index contributed by atoms with van der Waals surface area (Å²) in [6.45, 7) is 0. The Morgan fingerprint density at radius 1 is 1.75 bits per heavy atom. The van der Waals surface area contributed by atoms with Gasteiger partial charge in [0.15, 0.2) is 6.29 Å². The van der Waals surface area contributed by atoms with Crippen LogP contribution in [0.2, 0.25) is 0 Å². The molecule has 0 fully saturated rings. The van der Waals surface area contributed by atoms with Crippen LogP contribution in [0.5, 0.6) is 0 Å². The van der Waals surface area contributed by atoms with Crippen LogP contribution in [-0.4, -0.2) is 22.9 Å². The Kier molecular flexibility index (Phi) is 1.59. The molecule has 4 nitrogen and oxygen atoms in total. The minimum Gasteiger partial charge on any atom is -0.292 e. The lowest BCUT2D eigenvalue weighted by atomic mass is 10.8. The summed E-state index contributed by atoms with van der Waals surface area (Å²) in [7, 11) is 0. The van der Waals surface area contributed by atoms with Gasteiger partial charge in [-0.15, -0.1) is 0 Å². The number of halogens is 1. The van der Waals surface area contributed by atoms with Crippen LogP contribution in [0.1, 0.15) is 0 Å². The molecule has 0 aromatic rings. The molecule has 1 unspecified atom stereocenters. The monoisotopic (exact) mass is 176 g/mol. The van der Waals surface area contributed by atoms with E-state index in [0.717, 1.165) is 0 Å². The first-order valence-electron chi connectivity index (χ1n) is 2.05. The maximum atomic E-state index is 5.37. The third-order valence-corrected chi connectivity index (χ3v) is 1.32. The molecule has 0 saturated heterocycles. The van der Waals surface area contributed by atoms with E-state index in [1.54, 1.807) is 6.34 Å². The summed E-state index contributed by atoms with van der Waals surface area (Å²) >= 11 is 3.10. The van der Waals surface area contributed by atoms with Crippen molar-refractivity contribution in [2.24, 2.45) is 15.7 Å². The predicted octanol–water partition coefficient (Wildman–Crippen LogP) is -0.0892. The van der Waals surface area contributed by atoms with Crippen molar-refractivity contribution in [3.05, 3.63) is 0 Å². The van der Waals surface area contributed by atoms with E-state index in [-0.39, 0.29) is 6.29 Å². The molecule has 1 aliphatic heterocycles. The molecule has 0 aromatic heterocycles. The summed E-state index contributed by atoms with van der Waals surface area (Å²) < 4.78 is 1.53. The summed E-state index contributed by atoms with van der Waals surface area (Å²) in [6.07, 6.45) is 2.65. The SMILES string of the molecule is NC1N=CN=CN1Br. The van der Waals surface area contributed by atoms with Gasteiger partial charge in [0.25, 0.3) is 0 Å². The zero-order chi connectivity index (χ0) is 5.98. The average molecular weight is 177 g/mol. The van der Waals surface area contributed by atoms with Gasteiger partial charge in [0.2, 0.25) is 0 Å². The van der Waals surface area contributed by atoms with Crippen LogP contribution in [0.25, 0.3) is 0 Å². The number of hydrogen-bond donors (Lipinski definition) is 1. The minimum atomic E-state index is -0.326. The van der Waals surface area contributed by atoms with Crippen molar-refractivity contribution in [3.8, 4) is 0 Å². The lowest BCUT2D eigenvalue weighted by Gasteiger charge is -2.16. The Hall–Kier alpha value is -0.420. The highest BCUT2D eigenvalue weighted by molar-refractivity contribution is 9.07. The predicted molar refractivity (Wildman–Crippen MR) is 35.7 cm³/mol. The average Bonchev–Trinajstić information content (AvgIpc) is 1.77. The standard InChI is InChI=1S/C3H5BrN4/c4-8-2-6-1-7-3(8)5/h1-3H,5H2. The molecule has 1 aliphatic rings. The van der Waals surface area contributed by atoms with Gasteiger partial charge < -0.3 is 0 Å². The van der Waals surface area contributed by atoms with Crippen LogP contribution < -0.4 is 5.73 Å². The lowest BCUT2D eigenvalue weighted by Crippen LogP contribution is -2.34. The highest BCUT2D eigenvalue weighted by Gasteiger charge is 2.05. The second-order valence-electron chi connectivity index (χ2n) is 1.29. The third kappa shape index (κ3) is 1.05. The van der Waals surface area contributed by atoms with E-state index in [4.69, 9.17) is 5.73 Å². The Balaban J connectivity index is 2.59. The van der Waals surface area contributed by atoms with E-state index in [2.05, 4.69) is 26.1 Å². The Morgan fingerprint density at radius 3 is 2.88 bits per heavy atom. The first-order chi connectivity index (χ1) is 3.80. The third-order valence-electron chi connectivity index (χ3n) is 0.716. The molecule has 0 spiro atoms. The number of nitrogens with two attached hydrogens (primary N) is 1. The van der Waals surface area contributed by atoms with Gasteiger partial charge >= 0.3 is 0 Å². The van der Waals surface area contributed by atoms with Gasteiger partial charge in [-0.05, 0) is 0 Å². The largest absolute Gasteiger partial charge is 0.292 e. The fraction of sp³-hybridized carbons (Fsp3) is 0.333. The highest BCUT2D eigenvalue weighted by atomic mass is 79.9. The molecule has 0 radical (unpaired) electrons. The molecule has 8 heavy (non-hydrogen) atoms. The quantitative estimate of drug-likeness (QED) is 0.525. The molecular formula is C3H5BrN4. The van der Waals surface area contributed by atoms with E-state index >= 15 is 0 Å². The maximum absolute atomic E-state index is 5.37. The van der Waals surface area contributed by atoms with Gasteiger partial charge in [0.1, 0.15) is 12.7 Å². The van der Waals surface area contributed by atoms with E-state index in [9.17, 15) is 0 Å². The second-order valence-corrected chi connectivity index (χ2v) is 2.11. The van der Waals surface area contributed by atoms with Crippen molar-refractivity contribution in [1.82, 2.24) is 3.93 Å². The first-order valence-corrected chi connectivity index (χ1v) is 2.76. The molecule has 2 N–H and O–H groups in total. The van der Waals surface area contributed by atoms with Crippen LogP contribution >= 0.6 is 16.1 Å². The summed E-state index contributed by atoms with van der Waals surface area (Å²) in [4.78, 5) is 7.44. The minimum absolute atomic E-state index is 0.326. The normalized spacial score (nSPS) is 26.8. The van der Waals surface area contributed by atoms with Crippen molar-refractivity contribution in [2.45, 2.75) is 6.29 Å². The van der Waals surface area contributed by atoms with Crippen LogP contribution in [0, 0.1) is 0 Å². The van der Waals surface area contributed by atoms with Crippen molar-refractivity contribution in [2.75, 3.05) is 0 Å². The molecule has 1 atom stereocenters. The van der Waals surface area contributed by atoms with Crippen molar-refractivity contribution >= 4 is 28.8 Å². The second kappa shape index (κ2) is 2.23. The number of nitrogens with zero attached hydrogens (tertiary/aromatic N) is 3. The summed E-state index contributed by atoms with van der Waals surface area (Å²) in [5, 5.41) is 0. The fourth-order valence-corrected chi connectivity index (χ4v) is 0.544. The summed E-state index contributed by atoms with van der Waals surface area (Å²) in [5.74, 6) is 0. The Labute approximate surface area is 55.4 Å². The van der Waals surface area contributed by atoms with Crippen molar-refractivity contribution in [3.63, 3.8) is 0 Å². The van der Waals surface area contributed by atoms with Gasteiger partial charge in [0.05, 0.1) is 16.1 Å². The molecule has 0 saturated carbocycles. The smallest absolute Gasteiger partial charge is 0.185 e. The molecule has 0 bridgehead atoms. The zero-order valence-electron chi connectivity index (χ0n) is 4.03. The Morgan fingerprint density at radius 2 is 2.50 bits per heavy atom. The van der Waals surface area contributed by atoms with Crippen molar-refractivity contribution in [1.29, 1.82) is 0 Å². The van der Waals surface area contributed by atoms with Gasteiger partial charge in [-0.3, -0.25) is 9.66 Å². The molecule has 0 aliphatic carbocycles. The van der Waals surface area contributed by atoms with E-state index in [0.29, 0.717) is 0 Å². The molecule has 0 amide bonds. The van der Waals surface area contributed by atoms with Crippen LogP contribution in [0.3, 0.4) is 0 Å². The highest BCUT2D eigenvalue weighted by Crippen LogP contribution is 2.00. The molecular weight excluding hydrogens is 172 g/mol. The van der Waals surface area contributed by atoms with E-state index in [1.165, 1.54) is 10.3 Å². The summed E-state index contributed by atoms with van der Waals surface area (Å²) in [5.41, 5.74) is 5.37. The molecule has 1 rings (SSSR count). The Bertz CT molecular complexity index is 115. The van der Waals surface area contributed by atoms with Gasteiger partial charge in [-0.2, -0.15) is 0 Å². The van der Waals surface area contributed by atoms with Crippen molar-refractivity contribution < 1.29 is 0 Å². The summed E-state index contributed by atoms with van der Waals surface area (Å²) in [6, 6.07) is 0. The first kappa shape index (κ1) is 5.71. The van der Waals surface area contributed by atoms with E-state index in [1.807, 2.05) is 0 Å². The molecule has 5 heteroatoms. The number of hydrogen-bond acceptors (Lipinski definition) is 4. The van der Waals surface area contributed by atoms with Gasteiger partial charge in [-0.25, -0.2) is 9.98 Å². The number of aliphatic imine (C=N–C) groups is 2. The topological polar surface area (TPSA) is 54.0 Å². The maximum Gasteiger partial charge on any atom is 0.185 e. The van der Waals surface area contributed by atoms with Crippen LogP contribution in [0.4, 0.5) is 0 Å². The zero-order valence-corrected chi connectivity index (χ0v) is 5.62.